The van der Waals surface area contributed by atoms with Gasteiger partial charge in [0, 0.05) is 24.8 Å². The number of benzene rings is 1. The Morgan fingerprint density at radius 1 is 1.33 bits per heavy atom. The molecule has 1 heterocycles. The summed E-state index contributed by atoms with van der Waals surface area (Å²) in [5.74, 6) is 1.04. The van der Waals surface area contributed by atoms with Crippen molar-refractivity contribution in [3.8, 4) is 0 Å². The summed E-state index contributed by atoms with van der Waals surface area (Å²) in [5, 5.41) is 3.60. The third-order valence-corrected chi connectivity index (χ3v) is 5.02. The van der Waals surface area contributed by atoms with E-state index in [-0.39, 0.29) is 0 Å². The third-order valence-electron chi connectivity index (χ3n) is 5.02. The first-order valence-electron chi connectivity index (χ1n) is 8.89. The number of anilines is 1. The van der Waals surface area contributed by atoms with Gasteiger partial charge in [0.15, 0.2) is 0 Å². The average Bonchev–Trinajstić information content (AvgIpc) is 3.34. The van der Waals surface area contributed by atoms with Crippen LogP contribution in [-0.4, -0.2) is 19.6 Å². The van der Waals surface area contributed by atoms with Gasteiger partial charge in [-0.15, -0.1) is 0 Å². The van der Waals surface area contributed by atoms with Crippen LogP contribution < -0.4 is 10.2 Å². The molecule has 2 nitrogen and oxygen atoms in total. The number of fused-ring (bicyclic) bond motifs is 1. The first kappa shape index (κ1) is 14.9. The molecule has 1 aromatic carbocycles. The number of hydrogen-bond donors (Lipinski definition) is 1. The van der Waals surface area contributed by atoms with Crippen LogP contribution in [0, 0.1) is 5.92 Å². The molecule has 21 heavy (non-hydrogen) atoms. The lowest BCUT2D eigenvalue weighted by Gasteiger charge is -2.32. The highest BCUT2D eigenvalue weighted by Gasteiger charge is 2.24. The van der Waals surface area contributed by atoms with Gasteiger partial charge in [-0.1, -0.05) is 31.9 Å². The molecule has 116 valence electrons. The van der Waals surface area contributed by atoms with Crippen LogP contribution in [0.2, 0.25) is 0 Å². The standard InChI is InChI=1S/C19H30N2/c1-3-11-20-15(2)17-8-9-19-18(14-17)5-4-12-21(19)13-10-16-6-7-16/h8-9,14-16,20H,3-7,10-13H2,1-2H3. The maximum atomic E-state index is 3.60. The van der Waals surface area contributed by atoms with Crippen molar-refractivity contribution in [3.05, 3.63) is 29.3 Å². The highest BCUT2D eigenvalue weighted by atomic mass is 15.1. The van der Waals surface area contributed by atoms with Crippen LogP contribution in [0.3, 0.4) is 0 Å². The molecule has 1 atom stereocenters. The fourth-order valence-corrected chi connectivity index (χ4v) is 3.42. The van der Waals surface area contributed by atoms with Crippen molar-refractivity contribution in [3.63, 3.8) is 0 Å². The van der Waals surface area contributed by atoms with Gasteiger partial charge in [0.1, 0.15) is 0 Å². The second kappa shape index (κ2) is 6.83. The van der Waals surface area contributed by atoms with Gasteiger partial charge in [-0.2, -0.15) is 0 Å². The van der Waals surface area contributed by atoms with E-state index >= 15 is 0 Å². The zero-order valence-electron chi connectivity index (χ0n) is 13.7. The molecule has 0 amide bonds. The van der Waals surface area contributed by atoms with Crippen molar-refractivity contribution in [2.45, 2.75) is 58.4 Å². The van der Waals surface area contributed by atoms with Gasteiger partial charge < -0.3 is 10.2 Å². The minimum atomic E-state index is 0.470. The van der Waals surface area contributed by atoms with Crippen molar-refractivity contribution >= 4 is 5.69 Å². The molecular formula is C19H30N2. The topological polar surface area (TPSA) is 15.3 Å². The van der Waals surface area contributed by atoms with Gasteiger partial charge in [0.05, 0.1) is 0 Å². The fraction of sp³-hybridized carbons (Fsp3) is 0.684. The Labute approximate surface area is 129 Å². The number of nitrogens with one attached hydrogen (secondary N) is 1. The summed E-state index contributed by atoms with van der Waals surface area (Å²) in [6.07, 6.45) is 8.11. The van der Waals surface area contributed by atoms with Crippen LogP contribution in [0.1, 0.15) is 63.1 Å². The molecule has 1 fully saturated rings. The van der Waals surface area contributed by atoms with Crippen LogP contribution >= 0.6 is 0 Å². The van der Waals surface area contributed by atoms with Crippen molar-refractivity contribution in [1.29, 1.82) is 0 Å². The largest absolute Gasteiger partial charge is 0.371 e. The SMILES string of the molecule is CCCNC(C)c1ccc2c(c1)CCCN2CCC1CC1. The van der Waals surface area contributed by atoms with Gasteiger partial charge >= 0.3 is 0 Å². The van der Waals surface area contributed by atoms with E-state index in [0.29, 0.717) is 6.04 Å². The number of nitrogens with zero attached hydrogens (tertiary/aromatic N) is 1. The summed E-state index contributed by atoms with van der Waals surface area (Å²) >= 11 is 0. The quantitative estimate of drug-likeness (QED) is 0.804. The van der Waals surface area contributed by atoms with E-state index in [4.69, 9.17) is 0 Å². The molecule has 1 aliphatic carbocycles. The van der Waals surface area contributed by atoms with Crippen LogP contribution in [0.4, 0.5) is 5.69 Å². The maximum absolute atomic E-state index is 3.60. The molecule has 0 bridgehead atoms. The van der Waals surface area contributed by atoms with Crippen LogP contribution in [0.25, 0.3) is 0 Å². The lowest BCUT2D eigenvalue weighted by atomic mass is 9.96. The second-order valence-electron chi connectivity index (χ2n) is 6.89. The maximum Gasteiger partial charge on any atom is 0.0398 e. The first-order valence-corrected chi connectivity index (χ1v) is 8.89. The second-order valence-corrected chi connectivity index (χ2v) is 6.89. The monoisotopic (exact) mass is 286 g/mol. The van der Waals surface area contributed by atoms with Gasteiger partial charge in [0.2, 0.25) is 0 Å². The lowest BCUT2D eigenvalue weighted by Crippen LogP contribution is -2.30. The Kier molecular flexibility index (Phi) is 4.84. The molecule has 3 rings (SSSR count). The van der Waals surface area contributed by atoms with E-state index in [0.717, 1.165) is 12.5 Å². The predicted octanol–water partition coefficient (Wildman–Crippen LogP) is 4.30. The van der Waals surface area contributed by atoms with Crippen LogP contribution in [0.5, 0.6) is 0 Å². The van der Waals surface area contributed by atoms with E-state index < -0.39 is 0 Å². The highest BCUT2D eigenvalue weighted by molar-refractivity contribution is 5.57. The smallest absolute Gasteiger partial charge is 0.0398 e. The summed E-state index contributed by atoms with van der Waals surface area (Å²) in [6, 6.07) is 7.63. The molecule has 1 saturated carbocycles. The van der Waals surface area contributed by atoms with E-state index in [9.17, 15) is 0 Å². The van der Waals surface area contributed by atoms with Gasteiger partial charge in [-0.3, -0.25) is 0 Å². The third kappa shape index (κ3) is 3.79. The van der Waals surface area contributed by atoms with Crippen molar-refractivity contribution < 1.29 is 0 Å². The zero-order valence-corrected chi connectivity index (χ0v) is 13.7. The summed E-state index contributed by atoms with van der Waals surface area (Å²) < 4.78 is 0. The lowest BCUT2D eigenvalue weighted by molar-refractivity contribution is 0.569. The predicted molar refractivity (Wildman–Crippen MR) is 91.0 cm³/mol. The first-order chi connectivity index (χ1) is 10.3. The molecule has 1 N–H and O–H groups in total. The summed E-state index contributed by atoms with van der Waals surface area (Å²) in [7, 11) is 0. The average molecular weight is 286 g/mol. The molecule has 0 radical (unpaired) electrons. The highest BCUT2D eigenvalue weighted by Crippen LogP contribution is 2.35. The Balaban J connectivity index is 1.68. The van der Waals surface area contributed by atoms with Gasteiger partial charge in [-0.05, 0) is 62.3 Å². The number of aryl methyl sites for hydroxylation is 1. The molecule has 1 aromatic rings. The van der Waals surface area contributed by atoms with Crippen LogP contribution in [0.15, 0.2) is 18.2 Å². The van der Waals surface area contributed by atoms with Gasteiger partial charge in [0.25, 0.3) is 0 Å². The molecular weight excluding hydrogens is 256 g/mol. The molecule has 0 saturated heterocycles. The van der Waals surface area contributed by atoms with Crippen molar-refractivity contribution in [2.75, 3.05) is 24.5 Å². The molecule has 2 aliphatic rings. The van der Waals surface area contributed by atoms with E-state index in [2.05, 4.69) is 42.3 Å². The molecule has 1 aliphatic heterocycles. The molecule has 1 unspecified atom stereocenters. The van der Waals surface area contributed by atoms with Gasteiger partial charge in [-0.25, -0.2) is 0 Å². The Bertz CT molecular complexity index is 465. The zero-order chi connectivity index (χ0) is 14.7. The molecule has 0 aromatic heterocycles. The Morgan fingerprint density at radius 3 is 2.95 bits per heavy atom. The minimum Gasteiger partial charge on any atom is -0.371 e. The molecule has 2 heteroatoms. The van der Waals surface area contributed by atoms with Crippen LogP contribution in [-0.2, 0) is 6.42 Å². The molecule has 0 spiro atoms. The Morgan fingerprint density at radius 2 is 2.19 bits per heavy atom. The number of rotatable bonds is 7. The Hall–Kier alpha value is -1.02. The fourth-order valence-electron chi connectivity index (χ4n) is 3.42. The number of hydrogen-bond acceptors (Lipinski definition) is 2. The summed E-state index contributed by atoms with van der Waals surface area (Å²) in [5.41, 5.74) is 4.53. The minimum absolute atomic E-state index is 0.470. The normalized spacial score (nSPS) is 19.4. The summed E-state index contributed by atoms with van der Waals surface area (Å²) in [6.45, 7) is 8.13. The van der Waals surface area contributed by atoms with Crippen molar-refractivity contribution in [2.24, 2.45) is 5.92 Å². The van der Waals surface area contributed by atoms with Crippen molar-refractivity contribution in [1.82, 2.24) is 5.32 Å². The summed E-state index contributed by atoms with van der Waals surface area (Å²) in [4.78, 5) is 2.63. The van der Waals surface area contributed by atoms with E-state index in [1.54, 1.807) is 5.56 Å². The van der Waals surface area contributed by atoms with E-state index in [1.165, 1.54) is 62.9 Å². The van der Waals surface area contributed by atoms with E-state index in [1.807, 2.05) is 0 Å².